The number of hydrogen-bond acceptors (Lipinski definition) is 16. The van der Waals surface area contributed by atoms with Crippen molar-refractivity contribution >= 4 is 6.08 Å². The van der Waals surface area contributed by atoms with Crippen molar-refractivity contribution in [2.45, 2.75) is 74.4 Å². The van der Waals surface area contributed by atoms with Gasteiger partial charge in [0.05, 0.1) is 25.4 Å². The first-order chi connectivity index (χ1) is 20.8. The zero-order valence-corrected chi connectivity index (χ0v) is 23.4. The molecule has 3 heterocycles. The Bertz CT molecular complexity index is 1380. The van der Waals surface area contributed by atoms with E-state index >= 15 is 0 Å². The normalized spacial score (nSPS) is 35.2. The number of aromatic hydroxyl groups is 3. The zero-order valence-electron chi connectivity index (χ0n) is 23.4. The summed E-state index contributed by atoms with van der Waals surface area (Å²) in [5.74, 6) is -1.94. The van der Waals surface area contributed by atoms with Crippen molar-refractivity contribution in [2.24, 2.45) is 0 Å². The second kappa shape index (κ2) is 12.4. The van der Waals surface area contributed by atoms with Crippen LogP contribution < -0.4 is 14.2 Å². The second-order valence-electron chi connectivity index (χ2n) is 10.6. The lowest BCUT2D eigenvalue weighted by Gasteiger charge is -2.41. The van der Waals surface area contributed by atoms with Gasteiger partial charge in [0.1, 0.15) is 65.7 Å². The Kier molecular flexibility index (Phi) is 8.99. The first kappa shape index (κ1) is 31.8. The van der Waals surface area contributed by atoms with Crippen molar-refractivity contribution in [3.63, 3.8) is 0 Å². The van der Waals surface area contributed by atoms with Gasteiger partial charge in [-0.15, -0.1) is 0 Å². The summed E-state index contributed by atoms with van der Waals surface area (Å²) in [5.41, 5.74) is 0.243. The molecule has 0 radical (unpaired) electrons. The van der Waals surface area contributed by atoms with E-state index in [0.717, 1.165) is 12.1 Å². The van der Waals surface area contributed by atoms with Gasteiger partial charge in [0.2, 0.25) is 18.3 Å². The summed E-state index contributed by atoms with van der Waals surface area (Å²) in [6, 6.07) is 4.82. The maximum atomic E-state index is 10.6. The molecule has 3 aliphatic heterocycles. The fourth-order valence-electron chi connectivity index (χ4n) is 5.11. The zero-order chi connectivity index (χ0) is 32.0. The molecule has 2 aromatic rings. The number of rotatable bonds is 7. The monoisotopic (exact) mass is 626 g/mol. The van der Waals surface area contributed by atoms with Gasteiger partial charge in [-0.2, -0.15) is 0 Å². The summed E-state index contributed by atoms with van der Waals surface area (Å²) in [4.78, 5) is 0. The highest BCUT2D eigenvalue weighted by atomic mass is 16.7. The second-order valence-corrected chi connectivity index (χ2v) is 10.6. The summed E-state index contributed by atoms with van der Waals surface area (Å²) in [5, 5.41) is 102. The smallest absolute Gasteiger partial charge is 0.229 e. The molecule has 2 fully saturated rings. The SMILES string of the molecule is COc1cc(C2Oc3cc(O)cc(OC4OC(CO)C(O)C(O)C4O)c3C=C2OC2OC(C)C(O)C(O)C2O)cc(O)c1O. The van der Waals surface area contributed by atoms with Crippen LogP contribution in [0, 0.1) is 0 Å². The average Bonchev–Trinajstić information content (AvgIpc) is 3.00. The molecule has 44 heavy (non-hydrogen) atoms. The minimum Gasteiger partial charge on any atom is -0.508 e. The summed E-state index contributed by atoms with van der Waals surface area (Å²) < 4.78 is 34.0. The van der Waals surface area contributed by atoms with Crippen LogP contribution in [-0.2, 0) is 14.2 Å². The third kappa shape index (κ3) is 5.79. The van der Waals surface area contributed by atoms with Gasteiger partial charge in [-0.1, -0.05) is 0 Å². The van der Waals surface area contributed by atoms with Crippen LogP contribution in [0.25, 0.3) is 6.08 Å². The highest BCUT2D eigenvalue weighted by molar-refractivity contribution is 5.70. The van der Waals surface area contributed by atoms with Crippen molar-refractivity contribution < 1.29 is 79.5 Å². The Hall–Kier alpha value is -3.58. The first-order valence-corrected chi connectivity index (χ1v) is 13.5. The van der Waals surface area contributed by atoms with Gasteiger partial charge in [0.15, 0.2) is 17.6 Å². The van der Waals surface area contributed by atoms with Crippen LogP contribution in [0.2, 0.25) is 0 Å². The maximum absolute atomic E-state index is 10.6. The van der Waals surface area contributed by atoms with Crippen LogP contribution in [0.3, 0.4) is 0 Å². The van der Waals surface area contributed by atoms with E-state index in [-0.39, 0.29) is 39.9 Å². The summed E-state index contributed by atoms with van der Waals surface area (Å²) >= 11 is 0. The number of aliphatic hydroxyl groups is 7. The van der Waals surface area contributed by atoms with E-state index in [4.69, 9.17) is 28.4 Å². The molecule has 10 N–H and O–H groups in total. The highest BCUT2D eigenvalue weighted by Crippen LogP contribution is 2.48. The molecule has 0 saturated carbocycles. The van der Waals surface area contributed by atoms with Gasteiger partial charge in [-0.25, -0.2) is 0 Å². The van der Waals surface area contributed by atoms with E-state index in [1.165, 1.54) is 32.2 Å². The number of benzene rings is 2. The molecule has 5 rings (SSSR count). The van der Waals surface area contributed by atoms with Crippen molar-refractivity contribution in [1.82, 2.24) is 0 Å². The predicted octanol–water partition coefficient (Wildman–Crippen LogP) is -1.69. The van der Waals surface area contributed by atoms with E-state index < -0.39 is 85.6 Å². The fraction of sp³-hybridized carbons (Fsp3) is 0.500. The maximum Gasteiger partial charge on any atom is 0.229 e. The van der Waals surface area contributed by atoms with Crippen molar-refractivity contribution in [3.8, 4) is 34.5 Å². The van der Waals surface area contributed by atoms with Crippen LogP contribution in [-0.4, -0.2) is 126 Å². The van der Waals surface area contributed by atoms with E-state index in [2.05, 4.69) is 0 Å². The Morgan fingerprint density at radius 1 is 0.750 bits per heavy atom. The Morgan fingerprint density at radius 2 is 1.41 bits per heavy atom. The number of methoxy groups -OCH3 is 1. The van der Waals surface area contributed by atoms with Crippen LogP contribution in [0.4, 0.5) is 0 Å². The molecule has 2 saturated heterocycles. The average molecular weight is 627 g/mol. The molecular formula is C28H34O16. The Labute approximate surface area is 249 Å². The van der Waals surface area contributed by atoms with Gasteiger partial charge in [0, 0.05) is 17.7 Å². The van der Waals surface area contributed by atoms with Gasteiger partial charge < -0.3 is 79.5 Å². The van der Waals surface area contributed by atoms with Crippen molar-refractivity contribution in [1.29, 1.82) is 0 Å². The van der Waals surface area contributed by atoms with Crippen LogP contribution >= 0.6 is 0 Å². The third-order valence-electron chi connectivity index (χ3n) is 7.63. The largest absolute Gasteiger partial charge is 0.508 e. The minimum atomic E-state index is -1.78. The van der Waals surface area contributed by atoms with E-state index in [1.807, 2.05) is 0 Å². The summed E-state index contributed by atoms with van der Waals surface area (Å²) in [7, 11) is 1.25. The number of phenols is 3. The molecule has 0 bridgehead atoms. The number of ether oxygens (including phenoxy) is 6. The molecule has 16 heteroatoms. The lowest BCUT2D eigenvalue weighted by atomic mass is 9.98. The Morgan fingerprint density at radius 3 is 2.07 bits per heavy atom. The molecule has 11 unspecified atom stereocenters. The van der Waals surface area contributed by atoms with Crippen molar-refractivity contribution in [2.75, 3.05) is 13.7 Å². The Balaban J connectivity index is 1.57. The molecule has 3 aliphatic rings. The van der Waals surface area contributed by atoms with Gasteiger partial charge >= 0.3 is 0 Å². The fourth-order valence-corrected chi connectivity index (χ4v) is 5.11. The van der Waals surface area contributed by atoms with E-state index in [9.17, 15) is 51.1 Å². The first-order valence-electron chi connectivity index (χ1n) is 13.5. The number of aliphatic hydroxyl groups excluding tert-OH is 7. The molecule has 2 aromatic carbocycles. The van der Waals surface area contributed by atoms with E-state index in [1.54, 1.807) is 0 Å². The van der Waals surface area contributed by atoms with Gasteiger partial charge in [-0.05, 0) is 25.1 Å². The van der Waals surface area contributed by atoms with Gasteiger partial charge in [-0.3, -0.25) is 0 Å². The molecule has 0 aromatic heterocycles. The van der Waals surface area contributed by atoms with Crippen LogP contribution in [0.15, 0.2) is 30.0 Å². The number of fused-ring (bicyclic) bond motifs is 1. The molecule has 0 aliphatic carbocycles. The molecule has 11 atom stereocenters. The molecular weight excluding hydrogens is 592 g/mol. The van der Waals surface area contributed by atoms with Crippen LogP contribution in [0.5, 0.6) is 34.5 Å². The summed E-state index contributed by atoms with van der Waals surface area (Å²) in [6.07, 6.45) is -15.3. The van der Waals surface area contributed by atoms with Crippen LogP contribution in [0.1, 0.15) is 24.2 Å². The molecule has 242 valence electrons. The quantitative estimate of drug-likeness (QED) is 0.154. The topological polar surface area (TPSA) is 258 Å². The highest BCUT2D eigenvalue weighted by Gasteiger charge is 2.46. The molecule has 0 spiro atoms. The number of hydrogen-bond donors (Lipinski definition) is 10. The molecule has 0 amide bonds. The minimum absolute atomic E-state index is 0.0255. The lowest BCUT2D eigenvalue weighted by Crippen LogP contribution is -2.60. The summed E-state index contributed by atoms with van der Waals surface area (Å²) in [6.45, 7) is 0.740. The van der Waals surface area contributed by atoms with Crippen molar-refractivity contribution in [3.05, 3.63) is 41.2 Å². The number of phenolic OH excluding ortho intramolecular Hbond substituents is 3. The molecule has 16 nitrogen and oxygen atoms in total. The lowest BCUT2D eigenvalue weighted by molar-refractivity contribution is -0.285. The standard InChI is InChI=1S/C28H34O16/c1-9-19(32)22(35)24(37)27(40-9)43-17-7-12-14(41-26(17)10-3-13(31)20(33)16(4-10)39-2)5-11(30)6-15(12)42-28-25(38)23(36)21(34)18(8-29)44-28/h3-7,9,18-19,21-38H,8H2,1-2H3. The predicted molar refractivity (Wildman–Crippen MR) is 144 cm³/mol. The van der Waals surface area contributed by atoms with Gasteiger partial charge in [0.25, 0.3) is 0 Å². The third-order valence-corrected chi connectivity index (χ3v) is 7.63. The van der Waals surface area contributed by atoms with E-state index in [0.29, 0.717) is 0 Å².